The second-order valence-corrected chi connectivity index (χ2v) is 13.7. The van der Waals surface area contributed by atoms with Crippen molar-refractivity contribution >= 4 is 51.1 Å². The third-order valence-corrected chi connectivity index (χ3v) is 10.5. The Morgan fingerprint density at radius 3 is 2.27 bits per heavy atom. The largest absolute Gasteiger partial charge is 0.465 e. The Bertz CT molecular complexity index is 1660. The number of sulfonamides is 1. The molecule has 0 saturated carbocycles. The Hall–Kier alpha value is -3.71. The minimum atomic E-state index is -4.45. The predicted octanol–water partition coefficient (Wildman–Crippen LogP) is 3.31. The van der Waals surface area contributed by atoms with Crippen LogP contribution in [0.15, 0.2) is 84.0 Å². The van der Waals surface area contributed by atoms with E-state index in [-0.39, 0.29) is 46.5 Å². The van der Waals surface area contributed by atoms with Gasteiger partial charge in [-0.25, -0.2) is 17.8 Å². The average molecular weight is 662 g/mol. The summed E-state index contributed by atoms with van der Waals surface area (Å²) in [7, 11) is -4.45. The van der Waals surface area contributed by atoms with Gasteiger partial charge in [0.1, 0.15) is 17.1 Å². The monoisotopic (exact) mass is 660 g/mol. The number of halogens is 2. The number of fused-ring (bicyclic) bond motifs is 1. The van der Waals surface area contributed by atoms with Gasteiger partial charge in [-0.1, -0.05) is 59.6 Å². The maximum atomic E-state index is 14.4. The third-order valence-electron chi connectivity index (χ3n) is 7.89. The molecule has 14 heteroatoms. The summed E-state index contributed by atoms with van der Waals surface area (Å²) >= 11 is 12.5. The number of rotatable bonds is 8. The Kier molecular flexibility index (Phi) is 9.17. The summed E-state index contributed by atoms with van der Waals surface area (Å²) < 4.78 is 31.6. The molecular formula is C30H32Cl2N5O6S+. The Morgan fingerprint density at radius 2 is 1.66 bits per heavy atom. The van der Waals surface area contributed by atoms with E-state index in [9.17, 15) is 27.9 Å². The minimum absolute atomic E-state index is 0.0270. The Labute approximate surface area is 265 Å². The molecule has 0 aliphatic carbocycles. The number of carbonyl (C=O) groups is 3. The molecule has 2 aromatic carbocycles. The van der Waals surface area contributed by atoms with Crippen molar-refractivity contribution in [1.29, 1.82) is 0 Å². The molecule has 11 nitrogen and oxygen atoms in total. The predicted molar refractivity (Wildman–Crippen MR) is 162 cm³/mol. The van der Waals surface area contributed by atoms with Crippen LogP contribution in [0.25, 0.3) is 0 Å². The highest BCUT2D eigenvalue weighted by molar-refractivity contribution is 7.89. The SMILES string of the molecule is CC(C)N1CC2N(C(=O)C(N(Cc3ccccc3)C(=O)O)CN2S(=O)(=O)c2ccc(Cl)cc2Cl)C(C[n+]2ccccc2)C1=O. The molecule has 0 spiro atoms. The molecular weight excluding hydrogens is 629 g/mol. The van der Waals surface area contributed by atoms with Crippen molar-refractivity contribution in [2.24, 2.45) is 0 Å². The van der Waals surface area contributed by atoms with Gasteiger partial charge in [-0.05, 0) is 37.6 Å². The Balaban J connectivity index is 1.66. The number of amides is 3. The number of piperazine rings is 1. The topological polar surface area (TPSA) is 122 Å². The second kappa shape index (κ2) is 12.7. The molecule has 3 aromatic rings. The first-order valence-corrected chi connectivity index (χ1v) is 16.2. The molecule has 2 fully saturated rings. The molecule has 44 heavy (non-hydrogen) atoms. The van der Waals surface area contributed by atoms with Crippen LogP contribution in [0.2, 0.25) is 10.0 Å². The van der Waals surface area contributed by atoms with E-state index in [0.717, 1.165) is 9.21 Å². The molecule has 0 radical (unpaired) electrons. The van der Waals surface area contributed by atoms with E-state index in [0.29, 0.717) is 5.56 Å². The van der Waals surface area contributed by atoms with Crippen LogP contribution in [-0.2, 0) is 32.7 Å². The lowest BCUT2D eigenvalue weighted by molar-refractivity contribution is -0.699. The average Bonchev–Trinajstić information content (AvgIpc) is 2.98. The molecule has 1 N–H and O–H groups in total. The fraction of sp³-hybridized carbons (Fsp3) is 0.333. The summed E-state index contributed by atoms with van der Waals surface area (Å²) in [5.41, 5.74) is 0.608. The van der Waals surface area contributed by atoms with Crippen molar-refractivity contribution in [1.82, 2.24) is 19.0 Å². The van der Waals surface area contributed by atoms with Gasteiger partial charge < -0.3 is 14.9 Å². The smallest absolute Gasteiger partial charge is 0.408 e. The van der Waals surface area contributed by atoms with Crippen LogP contribution >= 0.6 is 23.2 Å². The highest BCUT2D eigenvalue weighted by Gasteiger charge is 2.56. The van der Waals surface area contributed by atoms with Gasteiger partial charge in [0.25, 0.3) is 5.91 Å². The number of aromatic nitrogens is 1. The van der Waals surface area contributed by atoms with Crippen molar-refractivity contribution in [2.75, 3.05) is 13.1 Å². The number of pyridine rings is 1. The van der Waals surface area contributed by atoms with Crippen molar-refractivity contribution in [2.45, 2.75) is 56.1 Å². The quantitative estimate of drug-likeness (QED) is 0.370. The summed E-state index contributed by atoms with van der Waals surface area (Å²) in [6, 6.07) is 15.1. The van der Waals surface area contributed by atoms with Crippen LogP contribution in [0.3, 0.4) is 0 Å². The standard InChI is InChI=1S/C30H31Cl2N5O6S/c1-20(2)34-19-27-36(44(42,43)26-12-11-22(31)15-23(26)32)18-24(35(30(40)41)16-21-9-5-3-6-10-21)29(39)37(27)25(28(34)38)17-33-13-7-4-8-14-33/h3-15,20,24-25,27H,16-19H2,1-2H3/p+1. The summed E-state index contributed by atoms with van der Waals surface area (Å²) in [6.07, 6.45) is 0.943. The maximum Gasteiger partial charge on any atom is 0.408 e. The van der Waals surface area contributed by atoms with E-state index < -0.39 is 46.8 Å². The van der Waals surface area contributed by atoms with Crippen LogP contribution in [0.4, 0.5) is 4.79 Å². The van der Waals surface area contributed by atoms with Crippen molar-refractivity contribution in [3.8, 4) is 0 Å². The van der Waals surface area contributed by atoms with E-state index in [2.05, 4.69) is 0 Å². The first-order chi connectivity index (χ1) is 20.9. The van der Waals surface area contributed by atoms with Crippen LogP contribution in [0.1, 0.15) is 19.4 Å². The fourth-order valence-electron chi connectivity index (χ4n) is 5.72. The summed E-state index contributed by atoms with van der Waals surface area (Å²) in [5.74, 6) is -1.02. The molecule has 2 aliphatic heterocycles. The van der Waals surface area contributed by atoms with Crippen LogP contribution in [0.5, 0.6) is 0 Å². The number of carbonyl (C=O) groups excluding carboxylic acids is 2. The van der Waals surface area contributed by atoms with Crippen molar-refractivity contribution in [3.63, 3.8) is 0 Å². The number of hydrogen-bond donors (Lipinski definition) is 1. The van der Waals surface area contributed by atoms with Crippen LogP contribution in [0, 0.1) is 0 Å². The lowest BCUT2D eigenvalue weighted by atomic mass is 10.0. The summed E-state index contributed by atoms with van der Waals surface area (Å²) in [4.78, 5) is 44.5. The maximum absolute atomic E-state index is 14.4. The third kappa shape index (κ3) is 6.12. The van der Waals surface area contributed by atoms with Gasteiger partial charge in [0, 0.05) is 36.3 Å². The highest BCUT2D eigenvalue weighted by Crippen LogP contribution is 2.35. The molecule has 0 bridgehead atoms. The van der Waals surface area contributed by atoms with Crippen LogP contribution < -0.4 is 4.57 Å². The number of benzene rings is 2. The molecule has 3 atom stereocenters. The molecule has 3 amide bonds. The van der Waals surface area contributed by atoms with Crippen LogP contribution in [-0.4, -0.2) is 87.8 Å². The van der Waals surface area contributed by atoms with E-state index in [1.54, 1.807) is 64.3 Å². The zero-order valence-corrected chi connectivity index (χ0v) is 26.4. The normalized spacial score (nSPS) is 21.0. The van der Waals surface area contributed by atoms with E-state index >= 15 is 0 Å². The zero-order chi connectivity index (χ0) is 31.8. The molecule has 2 aliphatic rings. The van der Waals surface area contributed by atoms with E-state index in [1.807, 2.05) is 19.9 Å². The zero-order valence-electron chi connectivity index (χ0n) is 24.0. The highest BCUT2D eigenvalue weighted by atomic mass is 35.5. The molecule has 3 unspecified atom stereocenters. The van der Waals surface area contributed by atoms with Crippen molar-refractivity contribution < 1.29 is 32.5 Å². The summed E-state index contributed by atoms with van der Waals surface area (Å²) in [6.45, 7) is 2.89. The lowest BCUT2D eigenvalue weighted by Crippen LogP contribution is -2.77. The molecule has 232 valence electrons. The van der Waals surface area contributed by atoms with Gasteiger partial charge >= 0.3 is 6.09 Å². The van der Waals surface area contributed by atoms with E-state index in [4.69, 9.17) is 23.2 Å². The van der Waals surface area contributed by atoms with Crippen molar-refractivity contribution in [3.05, 3.63) is 94.7 Å². The Morgan fingerprint density at radius 1 is 1.00 bits per heavy atom. The number of nitrogens with zero attached hydrogens (tertiary/aromatic N) is 5. The van der Waals surface area contributed by atoms with Gasteiger partial charge in [0.05, 0.1) is 11.6 Å². The molecule has 2 saturated heterocycles. The molecule has 1 aromatic heterocycles. The summed E-state index contributed by atoms with van der Waals surface area (Å²) in [5, 5.41) is 10.4. The lowest BCUT2D eigenvalue weighted by Gasteiger charge is -2.54. The molecule has 3 heterocycles. The first kappa shape index (κ1) is 31.7. The number of hydrogen-bond acceptors (Lipinski definition) is 5. The van der Waals surface area contributed by atoms with Gasteiger partial charge in [-0.3, -0.25) is 14.5 Å². The second-order valence-electron chi connectivity index (χ2n) is 11.0. The molecule has 5 rings (SSSR count). The van der Waals surface area contributed by atoms with Gasteiger partial charge in [-0.15, -0.1) is 0 Å². The van der Waals surface area contributed by atoms with Gasteiger partial charge in [0.15, 0.2) is 25.0 Å². The minimum Gasteiger partial charge on any atom is -0.465 e. The van der Waals surface area contributed by atoms with E-state index in [1.165, 1.54) is 23.1 Å². The van der Waals surface area contributed by atoms with Gasteiger partial charge in [0.2, 0.25) is 15.9 Å². The fourth-order valence-corrected chi connectivity index (χ4v) is 8.05. The van der Waals surface area contributed by atoms with Gasteiger partial charge in [-0.2, -0.15) is 4.31 Å². The first-order valence-electron chi connectivity index (χ1n) is 14.0. The number of carboxylic acid groups (broad SMARTS) is 1.